The number of aryl methyl sites for hydroxylation is 1. The highest BCUT2D eigenvalue weighted by Crippen LogP contribution is 2.46. The van der Waals surface area contributed by atoms with Crippen molar-refractivity contribution in [2.45, 2.75) is 62.7 Å². The zero-order valence-electron chi connectivity index (χ0n) is 21.5. The average molecular weight is 481 g/mol. The summed E-state index contributed by atoms with van der Waals surface area (Å²) in [5, 5.41) is 3.21. The fourth-order valence-corrected chi connectivity index (χ4v) is 6.40. The van der Waals surface area contributed by atoms with Crippen molar-refractivity contribution in [3.05, 3.63) is 107 Å². The van der Waals surface area contributed by atoms with E-state index < -0.39 is 0 Å². The molecule has 188 valence electrons. The summed E-state index contributed by atoms with van der Waals surface area (Å²) < 4.78 is 0. The second kappa shape index (κ2) is 11.9. The summed E-state index contributed by atoms with van der Waals surface area (Å²) in [6, 6.07) is 29.4. The number of nitrogens with one attached hydrogen (secondary N) is 1. The molecule has 1 fully saturated rings. The first-order valence-electron chi connectivity index (χ1n) is 13.9. The van der Waals surface area contributed by atoms with E-state index in [9.17, 15) is 4.79 Å². The van der Waals surface area contributed by atoms with Crippen molar-refractivity contribution >= 4 is 5.91 Å². The Morgan fingerprint density at radius 3 is 2.06 bits per heavy atom. The van der Waals surface area contributed by atoms with E-state index >= 15 is 0 Å². The largest absolute Gasteiger partial charge is 0.355 e. The second-order valence-corrected chi connectivity index (χ2v) is 10.7. The van der Waals surface area contributed by atoms with Crippen molar-refractivity contribution in [1.82, 2.24) is 10.2 Å². The number of carbonyl (C=O) groups excluding carboxylic acids is 1. The molecule has 1 heterocycles. The molecule has 1 aliphatic carbocycles. The summed E-state index contributed by atoms with van der Waals surface area (Å²) >= 11 is 0. The van der Waals surface area contributed by atoms with Crippen LogP contribution in [0.2, 0.25) is 0 Å². The van der Waals surface area contributed by atoms with Gasteiger partial charge in [0.05, 0.1) is 5.92 Å². The Bertz CT molecular complexity index is 1060. The van der Waals surface area contributed by atoms with Gasteiger partial charge in [-0.1, -0.05) is 97.8 Å². The van der Waals surface area contributed by atoms with Crippen LogP contribution in [0.5, 0.6) is 0 Å². The van der Waals surface area contributed by atoms with Gasteiger partial charge in [0.25, 0.3) is 0 Å². The molecule has 1 N–H and O–H groups in total. The summed E-state index contributed by atoms with van der Waals surface area (Å²) in [5.41, 5.74) is 5.80. The van der Waals surface area contributed by atoms with Crippen LogP contribution in [0.1, 0.15) is 73.1 Å². The van der Waals surface area contributed by atoms with Gasteiger partial charge in [0.2, 0.25) is 5.91 Å². The van der Waals surface area contributed by atoms with Crippen LogP contribution in [0, 0.1) is 0 Å². The number of likely N-dealkylation sites (tertiary alicyclic amines) is 1. The van der Waals surface area contributed by atoms with Gasteiger partial charge in [0.1, 0.15) is 0 Å². The van der Waals surface area contributed by atoms with Gasteiger partial charge in [-0.2, -0.15) is 0 Å². The SMILES string of the molecule is O=C(NCCCCCCN1CCC2(CCc3ccccc32)CC1)C(c1ccccc1)c1ccccc1. The van der Waals surface area contributed by atoms with Gasteiger partial charge in [-0.15, -0.1) is 0 Å². The molecule has 1 saturated heterocycles. The number of benzene rings is 3. The van der Waals surface area contributed by atoms with Crippen LogP contribution in [-0.4, -0.2) is 37.0 Å². The maximum absolute atomic E-state index is 13.1. The molecule has 36 heavy (non-hydrogen) atoms. The molecule has 0 aromatic heterocycles. The molecule has 1 spiro atoms. The Morgan fingerprint density at radius 1 is 0.750 bits per heavy atom. The van der Waals surface area contributed by atoms with Gasteiger partial charge >= 0.3 is 0 Å². The molecular weight excluding hydrogens is 440 g/mol. The minimum Gasteiger partial charge on any atom is -0.355 e. The van der Waals surface area contributed by atoms with Gasteiger partial charge < -0.3 is 10.2 Å². The quantitative estimate of drug-likeness (QED) is 0.337. The molecule has 3 heteroatoms. The molecular formula is C33H40N2O. The number of amides is 1. The highest BCUT2D eigenvalue weighted by Gasteiger charge is 2.40. The third kappa shape index (κ3) is 5.73. The summed E-state index contributed by atoms with van der Waals surface area (Å²) in [6.45, 7) is 4.45. The summed E-state index contributed by atoms with van der Waals surface area (Å²) in [6.07, 6.45) is 9.97. The van der Waals surface area contributed by atoms with Crippen molar-refractivity contribution in [2.24, 2.45) is 0 Å². The van der Waals surface area contributed by atoms with Crippen LogP contribution < -0.4 is 5.32 Å². The molecule has 3 aromatic carbocycles. The summed E-state index contributed by atoms with van der Waals surface area (Å²) in [5.74, 6) is -0.148. The van der Waals surface area contributed by atoms with E-state index in [1.807, 2.05) is 60.7 Å². The molecule has 0 unspecified atom stereocenters. The average Bonchev–Trinajstić information content (AvgIpc) is 3.28. The van der Waals surface area contributed by atoms with E-state index in [4.69, 9.17) is 0 Å². The van der Waals surface area contributed by atoms with Crippen LogP contribution in [0.25, 0.3) is 0 Å². The van der Waals surface area contributed by atoms with Crippen molar-refractivity contribution in [1.29, 1.82) is 0 Å². The molecule has 2 aliphatic rings. The summed E-state index contributed by atoms with van der Waals surface area (Å²) in [7, 11) is 0. The molecule has 0 bridgehead atoms. The first-order chi connectivity index (χ1) is 17.8. The molecule has 3 nitrogen and oxygen atoms in total. The van der Waals surface area contributed by atoms with E-state index in [1.165, 1.54) is 64.6 Å². The zero-order valence-corrected chi connectivity index (χ0v) is 21.5. The highest BCUT2D eigenvalue weighted by molar-refractivity contribution is 5.87. The van der Waals surface area contributed by atoms with Crippen molar-refractivity contribution < 1.29 is 4.79 Å². The Balaban J connectivity index is 1.00. The molecule has 0 saturated carbocycles. The van der Waals surface area contributed by atoms with Crippen LogP contribution in [-0.2, 0) is 16.6 Å². The molecule has 1 amide bonds. The smallest absolute Gasteiger partial charge is 0.232 e. The number of unbranched alkanes of at least 4 members (excludes halogenated alkanes) is 3. The Kier molecular flexibility index (Phi) is 8.18. The Morgan fingerprint density at radius 2 is 1.36 bits per heavy atom. The van der Waals surface area contributed by atoms with Gasteiger partial charge in [0, 0.05) is 6.54 Å². The van der Waals surface area contributed by atoms with E-state index in [-0.39, 0.29) is 11.8 Å². The van der Waals surface area contributed by atoms with Gasteiger partial charge in [-0.25, -0.2) is 0 Å². The number of hydrogen-bond acceptors (Lipinski definition) is 2. The number of hydrogen-bond donors (Lipinski definition) is 1. The number of nitrogens with zero attached hydrogens (tertiary/aromatic N) is 1. The van der Waals surface area contributed by atoms with E-state index in [0.29, 0.717) is 5.41 Å². The normalized spacial score (nSPS) is 16.8. The standard InChI is InChI=1S/C33H40N2O/c36-32(31(28-14-5-3-6-15-28)29-16-7-4-8-17-29)34-23-11-1-2-12-24-35-25-21-33(22-26-35)20-19-27-13-9-10-18-30(27)33/h3-10,13-18,31H,1-2,11-12,19-26H2,(H,34,36). The van der Waals surface area contributed by atoms with Crippen LogP contribution in [0.4, 0.5) is 0 Å². The van der Waals surface area contributed by atoms with Crippen molar-refractivity contribution in [3.63, 3.8) is 0 Å². The van der Waals surface area contributed by atoms with Gasteiger partial charge in [0.15, 0.2) is 0 Å². The lowest BCUT2D eigenvalue weighted by Gasteiger charge is -2.40. The minimum atomic E-state index is -0.248. The van der Waals surface area contributed by atoms with E-state index in [2.05, 4.69) is 34.5 Å². The monoisotopic (exact) mass is 480 g/mol. The molecule has 3 aromatic rings. The van der Waals surface area contributed by atoms with Crippen LogP contribution in [0.3, 0.4) is 0 Å². The van der Waals surface area contributed by atoms with E-state index in [0.717, 1.165) is 24.1 Å². The lowest BCUT2D eigenvalue weighted by molar-refractivity contribution is -0.121. The lowest BCUT2D eigenvalue weighted by Crippen LogP contribution is -2.41. The molecule has 0 atom stereocenters. The number of carbonyl (C=O) groups is 1. The topological polar surface area (TPSA) is 32.3 Å². The third-order valence-corrected chi connectivity index (χ3v) is 8.50. The molecule has 5 rings (SSSR count). The predicted molar refractivity (Wildman–Crippen MR) is 148 cm³/mol. The first kappa shape index (κ1) is 24.8. The van der Waals surface area contributed by atoms with E-state index in [1.54, 1.807) is 11.1 Å². The fourth-order valence-electron chi connectivity index (χ4n) is 6.40. The second-order valence-electron chi connectivity index (χ2n) is 10.7. The lowest BCUT2D eigenvalue weighted by atomic mass is 9.74. The number of fused-ring (bicyclic) bond motifs is 2. The van der Waals surface area contributed by atoms with Gasteiger partial charge in [-0.05, 0) is 85.8 Å². The minimum absolute atomic E-state index is 0.100. The molecule has 0 radical (unpaired) electrons. The van der Waals surface area contributed by atoms with Crippen LogP contribution in [0.15, 0.2) is 84.9 Å². The Labute approximate surface area is 216 Å². The fraction of sp³-hybridized carbons (Fsp3) is 0.424. The zero-order chi connectivity index (χ0) is 24.6. The van der Waals surface area contributed by atoms with Gasteiger partial charge in [-0.3, -0.25) is 4.79 Å². The third-order valence-electron chi connectivity index (χ3n) is 8.50. The first-order valence-corrected chi connectivity index (χ1v) is 13.9. The highest BCUT2D eigenvalue weighted by atomic mass is 16.1. The van der Waals surface area contributed by atoms with Crippen molar-refractivity contribution in [3.8, 4) is 0 Å². The Hall–Kier alpha value is -2.91. The summed E-state index contributed by atoms with van der Waals surface area (Å²) in [4.78, 5) is 15.8. The maximum Gasteiger partial charge on any atom is 0.232 e. The molecule has 1 aliphatic heterocycles. The number of piperidine rings is 1. The maximum atomic E-state index is 13.1. The number of rotatable bonds is 10. The van der Waals surface area contributed by atoms with Crippen LogP contribution >= 0.6 is 0 Å². The van der Waals surface area contributed by atoms with Crippen molar-refractivity contribution in [2.75, 3.05) is 26.2 Å². The predicted octanol–water partition coefficient (Wildman–Crippen LogP) is 6.48.